The molecule has 0 saturated carbocycles. The Balaban J connectivity index is 1.43. The second kappa shape index (κ2) is 9.84. The number of aliphatic carboxylic acids is 1. The highest BCUT2D eigenvalue weighted by Crippen LogP contribution is 2.30. The first-order valence-electron chi connectivity index (χ1n) is 10.3. The number of carboxylic acid groups (broad SMARTS) is 1. The van der Waals surface area contributed by atoms with Crippen molar-refractivity contribution in [3.05, 3.63) is 108 Å². The second-order valence-electron chi connectivity index (χ2n) is 7.58. The molecular weight excluding hydrogens is 409 g/mol. The van der Waals surface area contributed by atoms with Crippen LogP contribution in [0.25, 0.3) is 10.8 Å². The summed E-state index contributed by atoms with van der Waals surface area (Å²) in [5.41, 5.74) is 2.63. The number of carboxylic acids is 1. The molecule has 0 radical (unpaired) electrons. The van der Waals surface area contributed by atoms with Crippen LogP contribution < -0.4 is 0 Å². The number of nitrogens with zero attached hydrogens (tertiary/aromatic N) is 1. The van der Waals surface area contributed by atoms with Gasteiger partial charge >= 0.3 is 5.97 Å². The molecule has 1 N–H and O–H groups in total. The topological polar surface area (TPSA) is 40.5 Å². The molecular formula is C26H24FNO2S. The minimum Gasteiger partial charge on any atom is -0.478 e. The lowest BCUT2D eigenvalue weighted by atomic mass is 10.1. The summed E-state index contributed by atoms with van der Waals surface area (Å²) in [6, 6.07) is 21.2. The molecule has 3 nitrogen and oxygen atoms in total. The smallest absolute Gasteiger partial charge is 0.334 e. The highest BCUT2D eigenvalue weighted by molar-refractivity contribution is 8.00. The van der Waals surface area contributed by atoms with Crippen LogP contribution in [0.4, 0.5) is 4.39 Å². The van der Waals surface area contributed by atoms with Gasteiger partial charge in [0.1, 0.15) is 11.2 Å². The van der Waals surface area contributed by atoms with Gasteiger partial charge in [-0.3, -0.25) is 0 Å². The average Bonchev–Trinajstić information content (AvgIpc) is 2.78. The zero-order valence-corrected chi connectivity index (χ0v) is 17.9. The number of aryl methyl sites for hydroxylation is 1. The molecule has 0 bridgehead atoms. The highest BCUT2D eigenvalue weighted by atomic mass is 32.2. The molecule has 1 atom stereocenters. The van der Waals surface area contributed by atoms with Crippen LogP contribution in [0.1, 0.15) is 17.5 Å². The molecule has 0 aromatic heterocycles. The molecule has 31 heavy (non-hydrogen) atoms. The maximum absolute atomic E-state index is 13.1. The minimum absolute atomic E-state index is 0.229. The number of hydrogen-bond donors (Lipinski definition) is 1. The number of thioether (sulfide) groups is 1. The lowest BCUT2D eigenvalue weighted by Gasteiger charge is -2.33. The van der Waals surface area contributed by atoms with E-state index in [1.54, 1.807) is 36.0 Å². The summed E-state index contributed by atoms with van der Waals surface area (Å²) in [5, 5.41) is 11.8. The van der Waals surface area contributed by atoms with Crippen molar-refractivity contribution in [1.82, 2.24) is 4.90 Å². The van der Waals surface area contributed by atoms with Crippen LogP contribution >= 0.6 is 11.8 Å². The quantitative estimate of drug-likeness (QED) is 0.442. The summed E-state index contributed by atoms with van der Waals surface area (Å²) >= 11 is 1.64. The zero-order valence-electron chi connectivity index (χ0n) is 17.1. The number of benzene rings is 3. The summed E-state index contributed by atoms with van der Waals surface area (Å²) in [6.45, 7) is 0.640. The third-order valence-corrected chi connectivity index (χ3v) is 6.71. The molecule has 5 heteroatoms. The molecule has 0 amide bonds. The van der Waals surface area contributed by atoms with Crippen molar-refractivity contribution in [2.24, 2.45) is 0 Å². The van der Waals surface area contributed by atoms with Crippen molar-refractivity contribution in [1.29, 1.82) is 0 Å². The SMILES string of the molecule is O=C(O)C1=CC=CN(Cc2ccc3ccccc3c2)C1SCCCc1ccc(F)cc1. The van der Waals surface area contributed by atoms with E-state index < -0.39 is 5.97 Å². The van der Waals surface area contributed by atoms with E-state index in [-0.39, 0.29) is 11.2 Å². The molecule has 3 aromatic rings. The molecule has 0 spiro atoms. The lowest BCUT2D eigenvalue weighted by Crippen LogP contribution is -2.34. The molecule has 0 aliphatic carbocycles. The number of halogens is 1. The van der Waals surface area contributed by atoms with Crippen LogP contribution in [0, 0.1) is 5.82 Å². The van der Waals surface area contributed by atoms with E-state index in [2.05, 4.69) is 35.2 Å². The average molecular weight is 434 g/mol. The van der Waals surface area contributed by atoms with Crippen molar-refractivity contribution in [3.8, 4) is 0 Å². The van der Waals surface area contributed by atoms with E-state index in [1.807, 2.05) is 18.3 Å². The van der Waals surface area contributed by atoms with Crippen molar-refractivity contribution >= 4 is 28.5 Å². The zero-order chi connectivity index (χ0) is 21.6. The summed E-state index contributed by atoms with van der Waals surface area (Å²) in [5.74, 6) is -0.300. The predicted octanol–water partition coefficient (Wildman–Crippen LogP) is 6.01. The van der Waals surface area contributed by atoms with Crippen molar-refractivity contribution in [3.63, 3.8) is 0 Å². The number of rotatable bonds is 8. The molecule has 1 aliphatic rings. The van der Waals surface area contributed by atoms with Gasteiger partial charge in [0.2, 0.25) is 0 Å². The third-order valence-electron chi connectivity index (χ3n) is 5.35. The van der Waals surface area contributed by atoms with Gasteiger partial charge in [-0.2, -0.15) is 0 Å². The first-order valence-corrected chi connectivity index (χ1v) is 11.4. The van der Waals surface area contributed by atoms with E-state index in [9.17, 15) is 14.3 Å². The van der Waals surface area contributed by atoms with Gasteiger partial charge < -0.3 is 10.0 Å². The van der Waals surface area contributed by atoms with E-state index in [0.29, 0.717) is 12.1 Å². The fraction of sp³-hybridized carbons (Fsp3) is 0.192. The Labute approximate surface area is 185 Å². The van der Waals surface area contributed by atoms with Gasteiger partial charge in [-0.25, -0.2) is 9.18 Å². The summed E-state index contributed by atoms with van der Waals surface area (Å²) in [6.07, 6.45) is 7.20. The monoisotopic (exact) mass is 433 g/mol. The van der Waals surface area contributed by atoms with Crippen molar-refractivity contribution < 1.29 is 14.3 Å². The van der Waals surface area contributed by atoms with Gasteiger partial charge in [0, 0.05) is 12.7 Å². The molecule has 1 aliphatic heterocycles. The van der Waals surface area contributed by atoms with Gasteiger partial charge in [0.25, 0.3) is 0 Å². The molecule has 0 saturated heterocycles. The predicted molar refractivity (Wildman–Crippen MR) is 125 cm³/mol. The minimum atomic E-state index is -0.885. The number of hydrogen-bond acceptors (Lipinski definition) is 3. The highest BCUT2D eigenvalue weighted by Gasteiger charge is 2.27. The standard InChI is InChI=1S/C26H24FNO2S/c27-23-13-10-19(11-14-23)5-4-16-31-25-24(26(29)30)8-3-15-28(25)18-20-9-12-21-6-1-2-7-22(21)17-20/h1-3,6-15,17,25H,4-5,16,18H2,(H,29,30). The fourth-order valence-corrected chi connectivity index (χ4v) is 4.99. The van der Waals surface area contributed by atoms with Crippen LogP contribution in [0.3, 0.4) is 0 Å². The Morgan fingerprint density at radius 2 is 1.74 bits per heavy atom. The molecule has 1 unspecified atom stereocenters. The van der Waals surface area contributed by atoms with Crippen LogP contribution in [0.2, 0.25) is 0 Å². The number of fused-ring (bicyclic) bond motifs is 1. The Morgan fingerprint density at radius 3 is 2.52 bits per heavy atom. The molecule has 4 rings (SSSR count). The van der Waals surface area contributed by atoms with Crippen molar-refractivity contribution in [2.45, 2.75) is 24.8 Å². The van der Waals surface area contributed by atoms with E-state index in [4.69, 9.17) is 0 Å². The van der Waals surface area contributed by atoms with Gasteiger partial charge in [0.05, 0.1) is 5.57 Å². The van der Waals surface area contributed by atoms with E-state index in [1.165, 1.54) is 22.9 Å². The Morgan fingerprint density at radius 1 is 1.00 bits per heavy atom. The van der Waals surface area contributed by atoms with Crippen LogP contribution in [0.15, 0.2) is 90.7 Å². The first kappa shape index (κ1) is 21.2. The largest absolute Gasteiger partial charge is 0.478 e. The lowest BCUT2D eigenvalue weighted by molar-refractivity contribution is -0.133. The second-order valence-corrected chi connectivity index (χ2v) is 8.76. The van der Waals surface area contributed by atoms with Crippen LogP contribution in [-0.2, 0) is 17.8 Å². The third kappa shape index (κ3) is 5.36. The molecule has 3 aromatic carbocycles. The Bertz CT molecular complexity index is 1120. The van der Waals surface area contributed by atoms with Gasteiger partial charge in [-0.1, -0.05) is 48.5 Å². The molecule has 1 heterocycles. The van der Waals surface area contributed by atoms with E-state index in [0.717, 1.165) is 29.7 Å². The normalized spacial score (nSPS) is 15.8. The molecule has 0 fully saturated rings. The summed E-state index contributed by atoms with van der Waals surface area (Å²) in [4.78, 5) is 13.9. The van der Waals surface area contributed by atoms with Crippen LogP contribution in [0.5, 0.6) is 0 Å². The molecule has 158 valence electrons. The fourth-order valence-electron chi connectivity index (χ4n) is 3.76. The van der Waals surface area contributed by atoms with E-state index >= 15 is 0 Å². The summed E-state index contributed by atoms with van der Waals surface area (Å²) < 4.78 is 13.1. The Hall–Kier alpha value is -3.05. The van der Waals surface area contributed by atoms with Gasteiger partial charge in [-0.05, 0) is 70.8 Å². The Kier molecular flexibility index (Phi) is 6.73. The summed E-state index contributed by atoms with van der Waals surface area (Å²) in [7, 11) is 0. The maximum atomic E-state index is 13.1. The number of carbonyl (C=O) groups is 1. The number of allylic oxidation sites excluding steroid dienone is 2. The van der Waals surface area contributed by atoms with Crippen LogP contribution in [-0.4, -0.2) is 27.1 Å². The van der Waals surface area contributed by atoms with Gasteiger partial charge in [-0.15, -0.1) is 11.8 Å². The maximum Gasteiger partial charge on any atom is 0.334 e. The van der Waals surface area contributed by atoms with Crippen molar-refractivity contribution in [2.75, 3.05) is 5.75 Å². The van der Waals surface area contributed by atoms with Gasteiger partial charge in [0.15, 0.2) is 0 Å². The first-order chi connectivity index (χ1) is 15.1.